The molecule has 0 radical (unpaired) electrons. The van der Waals surface area contributed by atoms with E-state index in [0.717, 1.165) is 57.2 Å². The summed E-state index contributed by atoms with van der Waals surface area (Å²) in [5.74, 6) is 1.01. The summed E-state index contributed by atoms with van der Waals surface area (Å²) in [7, 11) is 1.76. The molecule has 1 saturated heterocycles. The van der Waals surface area contributed by atoms with Crippen LogP contribution >= 0.6 is 0 Å². The van der Waals surface area contributed by atoms with Gasteiger partial charge in [0.1, 0.15) is 5.76 Å². The summed E-state index contributed by atoms with van der Waals surface area (Å²) in [5.41, 5.74) is 6.97. The number of hydrogen-bond donors (Lipinski definition) is 1. The molecular formula is C19H29NO2. The van der Waals surface area contributed by atoms with Gasteiger partial charge in [0, 0.05) is 0 Å². The Kier molecular flexibility index (Phi) is 7.47. The maximum absolute atomic E-state index is 6.07. The second-order valence-corrected chi connectivity index (χ2v) is 5.94. The van der Waals surface area contributed by atoms with E-state index in [1.165, 1.54) is 5.57 Å². The van der Waals surface area contributed by atoms with E-state index in [4.69, 9.17) is 15.2 Å². The Balaban J connectivity index is 1.92. The van der Waals surface area contributed by atoms with E-state index in [0.29, 0.717) is 12.2 Å². The van der Waals surface area contributed by atoms with E-state index in [-0.39, 0.29) is 0 Å². The van der Waals surface area contributed by atoms with E-state index in [1.807, 2.05) is 0 Å². The van der Waals surface area contributed by atoms with Crippen LogP contribution in [0.1, 0.15) is 44.9 Å². The van der Waals surface area contributed by atoms with Crippen LogP contribution in [0.25, 0.3) is 0 Å². The lowest BCUT2D eigenvalue weighted by Crippen LogP contribution is -2.15. The van der Waals surface area contributed by atoms with E-state index in [9.17, 15) is 0 Å². The zero-order chi connectivity index (χ0) is 15.6. The molecule has 1 aliphatic heterocycles. The monoisotopic (exact) mass is 303 g/mol. The lowest BCUT2D eigenvalue weighted by molar-refractivity contribution is 0.0376. The molecule has 3 heteroatoms. The van der Waals surface area contributed by atoms with Gasteiger partial charge in [-0.15, -0.1) is 0 Å². The second-order valence-electron chi connectivity index (χ2n) is 5.94. The summed E-state index contributed by atoms with van der Waals surface area (Å²) in [5, 5.41) is 0. The molecule has 0 aromatic heterocycles. The van der Waals surface area contributed by atoms with Crippen LogP contribution in [0.15, 0.2) is 47.8 Å². The Morgan fingerprint density at radius 3 is 2.68 bits per heavy atom. The van der Waals surface area contributed by atoms with Crippen molar-refractivity contribution in [3.63, 3.8) is 0 Å². The average molecular weight is 303 g/mol. The molecule has 1 aliphatic carbocycles. The van der Waals surface area contributed by atoms with Crippen molar-refractivity contribution < 1.29 is 9.47 Å². The first-order valence-corrected chi connectivity index (χ1v) is 8.43. The van der Waals surface area contributed by atoms with Gasteiger partial charge in [-0.25, -0.2) is 0 Å². The third kappa shape index (κ3) is 5.47. The van der Waals surface area contributed by atoms with Crippen molar-refractivity contribution in [1.29, 1.82) is 0 Å². The number of rotatable bonds is 6. The summed E-state index contributed by atoms with van der Waals surface area (Å²) < 4.78 is 11.7. The van der Waals surface area contributed by atoms with Crippen LogP contribution in [0, 0.1) is 0 Å². The molecule has 2 N–H and O–H groups in total. The normalized spacial score (nSPS) is 28.6. The molecule has 22 heavy (non-hydrogen) atoms. The van der Waals surface area contributed by atoms with Gasteiger partial charge in [0.25, 0.3) is 0 Å². The predicted molar refractivity (Wildman–Crippen MR) is 91.5 cm³/mol. The van der Waals surface area contributed by atoms with Crippen molar-refractivity contribution in [2.45, 2.75) is 57.2 Å². The van der Waals surface area contributed by atoms with Crippen molar-refractivity contribution >= 4 is 0 Å². The zero-order valence-corrected chi connectivity index (χ0v) is 13.7. The highest BCUT2D eigenvalue weighted by Gasteiger charge is 2.24. The van der Waals surface area contributed by atoms with Gasteiger partial charge >= 0.3 is 0 Å². The molecule has 0 saturated carbocycles. The minimum Gasteiger partial charge on any atom is -0.497 e. The fourth-order valence-corrected chi connectivity index (χ4v) is 3.08. The molecule has 2 atom stereocenters. The molecule has 0 aromatic rings. The molecule has 0 aromatic carbocycles. The Bertz CT molecular complexity index is 448. The fraction of sp³-hybridized carbons (Fsp3) is 0.579. The molecule has 1 heterocycles. The third-order valence-electron chi connectivity index (χ3n) is 4.31. The van der Waals surface area contributed by atoms with Crippen molar-refractivity contribution in [3.05, 3.63) is 47.8 Å². The van der Waals surface area contributed by atoms with Crippen LogP contribution in [0.2, 0.25) is 0 Å². The van der Waals surface area contributed by atoms with E-state index < -0.39 is 0 Å². The highest BCUT2D eigenvalue weighted by Crippen LogP contribution is 2.28. The summed E-state index contributed by atoms with van der Waals surface area (Å²) in [6.07, 6.45) is 20.9. The highest BCUT2D eigenvalue weighted by atomic mass is 16.5. The number of nitrogens with two attached hydrogens (primary N) is 1. The first kappa shape index (κ1) is 17.0. The van der Waals surface area contributed by atoms with Gasteiger partial charge < -0.3 is 15.2 Å². The first-order valence-electron chi connectivity index (χ1n) is 8.43. The molecule has 0 spiro atoms. The highest BCUT2D eigenvalue weighted by molar-refractivity contribution is 5.25. The van der Waals surface area contributed by atoms with Gasteiger partial charge in [0.05, 0.1) is 19.3 Å². The van der Waals surface area contributed by atoms with E-state index in [1.54, 1.807) is 7.11 Å². The second kappa shape index (κ2) is 9.65. The Morgan fingerprint density at radius 2 is 1.91 bits per heavy atom. The Labute approximate surface area is 134 Å². The van der Waals surface area contributed by atoms with Crippen LogP contribution in [0.4, 0.5) is 0 Å². The number of ether oxygens (including phenoxy) is 2. The summed E-state index contributed by atoms with van der Waals surface area (Å²) in [4.78, 5) is 0. The van der Waals surface area contributed by atoms with Gasteiger partial charge in [-0.2, -0.15) is 0 Å². The maximum Gasteiger partial charge on any atom is 0.118 e. The fourth-order valence-electron chi connectivity index (χ4n) is 3.08. The van der Waals surface area contributed by atoms with Gasteiger partial charge in [-0.1, -0.05) is 30.4 Å². The topological polar surface area (TPSA) is 44.5 Å². The van der Waals surface area contributed by atoms with Crippen molar-refractivity contribution in [3.8, 4) is 0 Å². The molecule has 2 rings (SSSR count). The summed E-state index contributed by atoms with van der Waals surface area (Å²) in [6, 6.07) is 0. The first-order chi connectivity index (χ1) is 10.8. The van der Waals surface area contributed by atoms with E-state index in [2.05, 4.69) is 36.5 Å². The Morgan fingerprint density at radius 1 is 1.14 bits per heavy atom. The van der Waals surface area contributed by atoms with Crippen molar-refractivity contribution in [2.24, 2.45) is 5.73 Å². The molecule has 0 amide bonds. The Hall–Kier alpha value is -1.32. The quantitative estimate of drug-likeness (QED) is 0.806. The summed E-state index contributed by atoms with van der Waals surface area (Å²) in [6.45, 7) is 0.722. The largest absolute Gasteiger partial charge is 0.497 e. The van der Waals surface area contributed by atoms with Crippen LogP contribution in [0.5, 0.6) is 0 Å². The van der Waals surface area contributed by atoms with Crippen molar-refractivity contribution in [1.82, 2.24) is 0 Å². The zero-order valence-electron chi connectivity index (χ0n) is 13.7. The molecular weight excluding hydrogens is 274 g/mol. The standard InChI is InChI=1S/C19H29NO2/c1-21-19-9-7-5-3-2-4-6-8-16(19)10-11-17-12-13-18(22-17)14-15-20/h2-4,6-7,9,17-18H,5,8,10-15,20H2,1H3/b3-2-,6-4-,9-7?,19-16?. The van der Waals surface area contributed by atoms with Gasteiger partial charge in [0.15, 0.2) is 0 Å². The lowest BCUT2D eigenvalue weighted by atomic mass is 10.00. The molecule has 1 fully saturated rings. The van der Waals surface area contributed by atoms with Gasteiger partial charge in [-0.3, -0.25) is 0 Å². The SMILES string of the molecule is COC1=C(CCC2CCC(CCN)O2)C/C=C\C=C/CC=C1. The minimum atomic E-state index is 0.375. The van der Waals surface area contributed by atoms with Crippen LogP contribution in [-0.2, 0) is 9.47 Å². The average Bonchev–Trinajstić information content (AvgIpc) is 2.98. The molecule has 2 unspecified atom stereocenters. The van der Waals surface area contributed by atoms with Crippen LogP contribution < -0.4 is 5.73 Å². The van der Waals surface area contributed by atoms with E-state index >= 15 is 0 Å². The molecule has 3 nitrogen and oxygen atoms in total. The predicted octanol–water partition coefficient (Wildman–Crippen LogP) is 4.03. The van der Waals surface area contributed by atoms with Crippen LogP contribution in [-0.4, -0.2) is 25.9 Å². The molecule has 122 valence electrons. The third-order valence-corrected chi connectivity index (χ3v) is 4.31. The minimum absolute atomic E-state index is 0.375. The van der Waals surface area contributed by atoms with Gasteiger partial charge in [-0.05, 0) is 63.1 Å². The molecule has 2 aliphatic rings. The van der Waals surface area contributed by atoms with Crippen molar-refractivity contribution in [2.75, 3.05) is 13.7 Å². The number of methoxy groups -OCH3 is 1. The smallest absolute Gasteiger partial charge is 0.118 e. The molecule has 0 bridgehead atoms. The summed E-state index contributed by atoms with van der Waals surface area (Å²) >= 11 is 0. The number of allylic oxidation sites excluding steroid dienone is 7. The number of hydrogen-bond acceptors (Lipinski definition) is 3. The van der Waals surface area contributed by atoms with Gasteiger partial charge in [0.2, 0.25) is 0 Å². The maximum atomic E-state index is 6.07. The van der Waals surface area contributed by atoms with Crippen LogP contribution in [0.3, 0.4) is 0 Å². The lowest BCUT2D eigenvalue weighted by Gasteiger charge is -2.15.